The molecule has 0 spiro atoms. The summed E-state index contributed by atoms with van der Waals surface area (Å²) in [5, 5.41) is 1.73. The third kappa shape index (κ3) is 5.39. The third-order valence-corrected chi connectivity index (χ3v) is 6.12. The van der Waals surface area contributed by atoms with Crippen LogP contribution in [0.25, 0.3) is 5.57 Å². The molecule has 0 unspecified atom stereocenters. The van der Waals surface area contributed by atoms with E-state index < -0.39 is 0 Å². The van der Waals surface area contributed by atoms with Crippen molar-refractivity contribution in [2.24, 2.45) is 11.8 Å². The monoisotopic (exact) mass is 431 g/mol. The maximum atomic E-state index is 13.7. The number of hydrazine groups is 1. The molecule has 0 radical (unpaired) electrons. The summed E-state index contributed by atoms with van der Waals surface area (Å²) in [6, 6.07) is 4.89. The maximum Gasteiger partial charge on any atom is 0.306 e. The van der Waals surface area contributed by atoms with Crippen molar-refractivity contribution in [1.82, 2.24) is 15.5 Å². The van der Waals surface area contributed by atoms with Gasteiger partial charge in [-0.05, 0) is 74.8 Å². The largest absolute Gasteiger partial charge is 0.466 e. The van der Waals surface area contributed by atoms with Crippen LogP contribution in [0.15, 0.2) is 35.8 Å². The molecule has 1 saturated carbocycles. The predicted octanol–water partition coefficient (Wildman–Crippen LogP) is 4.39. The number of aryl methyl sites for hydroxylation is 1. The van der Waals surface area contributed by atoms with E-state index in [2.05, 4.69) is 11.5 Å². The lowest BCUT2D eigenvalue weighted by Gasteiger charge is -2.39. The smallest absolute Gasteiger partial charge is 0.306 e. The quantitative estimate of drug-likeness (QED) is 0.647. The minimum atomic E-state index is -0.236. The van der Waals surface area contributed by atoms with E-state index in [-0.39, 0.29) is 11.8 Å². The molecular weight excluding hydrogens is 397 g/mol. The Hall–Kier alpha value is -2.54. The van der Waals surface area contributed by atoms with Crippen molar-refractivity contribution in [2.45, 2.75) is 46.0 Å². The van der Waals surface area contributed by atoms with Crippen LogP contribution in [0.5, 0.6) is 0 Å². The topological polar surface area (TPSA) is 54.0 Å². The van der Waals surface area contributed by atoms with E-state index in [1.54, 1.807) is 18.3 Å². The lowest BCUT2D eigenvalue weighted by atomic mass is 9.78. The molecule has 1 aromatic carbocycles. The van der Waals surface area contributed by atoms with Crippen LogP contribution < -0.4 is 5.43 Å². The Morgan fingerprint density at radius 2 is 1.97 bits per heavy atom. The molecule has 6 nitrogen and oxygen atoms in total. The maximum absolute atomic E-state index is 13.7. The van der Waals surface area contributed by atoms with Crippen LogP contribution in [0, 0.1) is 24.6 Å². The molecule has 0 amide bonds. The second-order valence-corrected chi connectivity index (χ2v) is 8.50. The summed E-state index contributed by atoms with van der Waals surface area (Å²) in [6.07, 6.45) is 6.57. The summed E-state index contributed by atoms with van der Waals surface area (Å²) in [6.45, 7) is 4.20. The van der Waals surface area contributed by atoms with Crippen molar-refractivity contribution in [3.05, 3.63) is 52.7 Å². The molecule has 0 aromatic heterocycles. The first kappa shape index (κ1) is 23.1. The number of carbonyl (C=O) groups excluding carboxylic acids is 1. The van der Waals surface area contributed by atoms with Crippen LogP contribution in [-0.2, 0) is 14.4 Å². The Balaban J connectivity index is 1.86. The van der Waals surface area contributed by atoms with Gasteiger partial charge in [0.1, 0.15) is 11.6 Å². The number of halogens is 1. The summed E-state index contributed by atoms with van der Waals surface area (Å²) in [7, 11) is 5.58. The molecule has 0 saturated heterocycles. The second kappa shape index (κ2) is 10.2. The lowest BCUT2D eigenvalue weighted by molar-refractivity contribution is -0.148. The number of carbonyl (C=O) groups is 1. The molecule has 2 aliphatic rings. The van der Waals surface area contributed by atoms with Gasteiger partial charge in [0, 0.05) is 32.0 Å². The summed E-state index contributed by atoms with van der Waals surface area (Å²) in [5.41, 5.74) is 7.32. The zero-order chi connectivity index (χ0) is 22.5. The van der Waals surface area contributed by atoms with Gasteiger partial charge in [0.2, 0.25) is 0 Å². The van der Waals surface area contributed by atoms with E-state index in [9.17, 15) is 9.18 Å². The van der Waals surface area contributed by atoms with Crippen molar-refractivity contribution < 1.29 is 18.8 Å². The average Bonchev–Trinajstić information content (AvgIpc) is 2.73. The van der Waals surface area contributed by atoms with Gasteiger partial charge in [-0.3, -0.25) is 15.1 Å². The molecule has 170 valence electrons. The Morgan fingerprint density at radius 3 is 2.55 bits per heavy atom. The van der Waals surface area contributed by atoms with Crippen LogP contribution in [0.4, 0.5) is 4.39 Å². The number of hydrogen-bond donors (Lipinski definition) is 1. The van der Waals surface area contributed by atoms with Gasteiger partial charge in [0.05, 0.1) is 19.4 Å². The first-order valence-corrected chi connectivity index (χ1v) is 11.0. The highest BCUT2D eigenvalue weighted by molar-refractivity contribution is 5.79. The van der Waals surface area contributed by atoms with Gasteiger partial charge in [-0.25, -0.2) is 4.39 Å². The zero-order valence-corrected chi connectivity index (χ0v) is 19.2. The Morgan fingerprint density at radius 1 is 1.26 bits per heavy atom. The van der Waals surface area contributed by atoms with E-state index in [1.807, 2.05) is 38.9 Å². The van der Waals surface area contributed by atoms with Crippen LogP contribution in [0.2, 0.25) is 0 Å². The van der Waals surface area contributed by atoms with E-state index >= 15 is 0 Å². The first-order chi connectivity index (χ1) is 14.8. The molecule has 1 aromatic rings. The molecular formula is C24H34FN3O3. The number of nitrogens with one attached hydrogen (secondary N) is 1. The minimum absolute atomic E-state index is 0.101. The Labute approximate surface area is 184 Å². The average molecular weight is 432 g/mol. The van der Waals surface area contributed by atoms with Gasteiger partial charge in [-0.1, -0.05) is 6.07 Å². The molecule has 1 heterocycles. The second-order valence-electron chi connectivity index (χ2n) is 8.50. The Kier molecular flexibility index (Phi) is 7.59. The standard InChI is InChI=1S/C24H34FN3O3/c1-6-31-23(29)14-17-7-9-18(10-8-17)22-15-21(20-12-11-19(25)13-16(20)2)24(27(3)4)26-28(22)30-5/h11-13,15,17-18,26H,6-10,14H2,1-5H3. The van der Waals surface area contributed by atoms with E-state index in [1.165, 1.54) is 6.07 Å². The number of hydrogen-bond acceptors (Lipinski definition) is 6. The number of allylic oxidation sites excluding steroid dienone is 3. The summed E-state index contributed by atoms with van der Waals surface area (Å²) in [5.74, 6) is 1.23. The fraction of sp³-hybridized carbons (Fsp3) is 0.542. The van der Waals surface area contributed by atoms with Crippen molar-refractivity contribution in [1.29, 1.82) is 0 Å². The van der Waals surface area contributed by atoms with Crippen molar-refractivity contribution in [3.63, 3.8) is 0 Å². The fourth-order valence-corrected chi connectivity index (χ4v) is 4.52. The molecule has 1 fully saturated rings. The predicted molar refractivity (Wildman–Crippen MR) is 119 cm³/mol. The molecule has 0 bridgehead atoms. The Bertz CT molecular complexity index is 858. The minimum Gasteiger partial charge on any atom is -0.466 e. The molecule has 1 aliphatic heterocycles. The van der Waals surface area contributed by atoms with E-state index in [4.69, 9.17) is 9.57 Å². The van der Waals surface area contributed by atoms with Crippen LogP contribution in [0.3, 0.4) is 0 Å². The highest BCUT2D eigenvalue weighted by Crippen LogP contribution is 2.39. The van der Waals surface area contributed by atoms with Crippen molar-refractivity contribution in [3.8, 4) is 0 Å². The zero-order valence-electron chi connectivity index (χ0n) is 19.2. The van der Waals surface area contributed by atoms with Crippen LogP contribution in [-0.4, -0.2) is 43.9 Å². The van der Waals surface area contributed by atoms with Gasteiger partial charge in [-0.15, -0.1) is 0 Å². The van der Waals surface area contributed by atoms with Crippen molar-refractivity contribution >= 4 is 11.5 Å². The van der Waals surface area contributed by atoms with Gasteiger partial charge < -0.3 is 9.64 Å². The fourth-order valence-electron chi connectivity index (χ4n) is 4.52. The summed E-state index contributed by atoms with van der Waals surface area (Å²) in [4.78, 5) is 19.5. The molecule has 3 rings (SSSR count). The third-order valence-electron chi connectivity index (χ3n) is 6.12. The first-order valence-electron chi connectivity index (χ1n) is 11.0. The van der Waals surface area contributed by atoms with Gasteiger partial charge in [-0.2, -0.15) is 5.17 Å². The molecule has 0 atom stereocenters. The number of benzene rings is 1. The summed E-state index contributed by atoms with van der Waals surface area (Å²) < 4.78 is 18.8. The number of esters is 1. The van der Waals surface area contributed by atoms with Gasteiger partial charge in [0.25, 0.3) is 0 Å². The normalized spacial score (nSPS) is 21.5. The molecule has 7 heteroatoms. The number of hydroxylamine groups is 1. The number of nitrogens with zero attached hydrogens (tertiary/aromatic N) is 2. The molecule has 1 aliphatic carbocycles. The highest BCUT2D eigenvalue weighted by atomic mass is 19.1. The number of rotatable bonds is 7. The number of ether oxygens (including phenoxy) is 1. The van der Waals surface area contributed by atoms with E-state index in [0.717, 1.165) is 53.9 Å². The highest BCUT2D eigenvalue weighted by Gasteiger charge is 2.32. The van der Waals surface area contributed by atoms with Crippen molar-refractivity contribution in [2.75, 3.05) is 27.8 Å². The lowest BCUT2D eigenvalue weighted by Crippen LogP contribution is -2.45. The molecule has 1 N–H and O–H groups in total. The van der Waals surface area contributed by atoms with E-state index in [0.29, 0.717) is 24.9 Å². The van der Waals surface area contributed by atoms with Crippen LogP contribution >= 0.6 is 0 Å². The summed E-state index contributed by atoms with van der Waals surface area (Å²) >= 11 is 0. The van der Waals surface area contributed by atoms with Gasteiger partial charge in [0.15, 0.2) is 0 Å². The van der Waals surface area contributed by atoms with Gasteiger partial charge >= 0.3 is 5.97 Å². The van der Waals surface area contributed by atoms with Crippen LogP contribution in [0.1, 0.15) is 50.2 Å². The molecule has 31 heavy (non-hydrogen) atoms. The SMILES string of the molecule is CCOC(=O)CC1CCC(C2=CC(c3ccc(F)cc3C)=C(N(C)C)NN2OC)CC1.